The number of hydrogen-bond donors (Lipinski definition) is 0. The lowest BCUT2D eigenvalue weighted by molar-refractivity contribution is -0.158. The van der Waals surface area contributed by atoms with Crippen molar-refractivity contribution in [3.05, 3.63) is 35.9 Å². The fourth-order valence-corrected chi connectivity index (χ4v) is 3.17. The Kier molecular flexibility index (Phi) is 5.88. The second-order valence-electron chi connectivity index (χ2n) is 7.73. The quantitative estimate of drug-likeness (QED) is 0.485. The topological polar surface area (TPSA) is 26.3 Å². The number of alkyl halides is 1. The minimum Gasteiger partial charge on any atom is -0.469 e. The molecule has 0 aromatic heterocycles. The molecule has 1 aromatic rings. The molecule has 0 heterocycles. The second kappa shape index (κ2) is 6.74. The highest BCUT2D eigenvalue weighted by Gasteiger charge is 2.47. The molecule has 1 unspecified atom stereocenters. The van der Waals surface area contributed by atoms with Crippen molar-refractivity contribution in [2.24, 2.45) is 10.8 Å². The molecule has 1 aromatic carbocycles. The monoisotopic (exact) mass is 368 g/mol. The third-order valence-electron chi connectivity index (χ3n) is 5.13. The molecule has 0 amide bonds. The van der Waals surface area contributed by atoms with Gasteiger partial charge in [-0.2, -0.15) is 0 Å². The maximum atomic E-state index is 12.2. The molecule has 0 saturated heterocycles. The van der Waals surface area contributed by atoms with Gasteiger partial charge in [0, 0.05) is 4.32 Å². The number of methoxy groups -OCH3 is 1. The zero-order valence-electron chi connectivity index (χ0n) is 14.9. The smallest absolute Gasteiger partial charge is 0.311 e. The number of hydrogen-bond acceptors (Lipinski definition) is 2. The summed E-state index contributed by atoms with van der Waals surface area (Å²) < 4.78 is 4.97. The lowest BCUT2D eigenvalue weighted by atomic mass is 9.62. The van der Waals surface area contributed by atoms with Crippen molar-refractivity contribution in [3.8, 4) is 0 Å². The molecule has 1 atom stereocenters. The standard InChI is InChI=1S/C19H29BrO2/c1-17(2,18(3,4)16(21)22-7)13-15(19(5,6)20)14-11-9-8-10-12-14/h8-12,15H,13H2,1-7H3. The summed E-state index contributed by atoms with van der Waals surface area (Å²) in [5.74, 6) is 0.143. The van der Waals surface area contributed by atoms with Gasteiger partial charge in [0.1, 0.15) is 0 Å². The molecule has 22 heavy (non-hydrogen) atoms. The zero-order chi connectivity index (χ0) is 17.2. The van der Waals surface area contributed by atoms with Crippen LogP contribution in [0.25, 0.3) is 0 Å². The molecule has 0 fully saturated rings. The highest BCUT2D eigenvalue weighted by molar-refractivity contribution is 9.10. The Balaban J connectivity index is 3.17. The van der Waals surface area contributed by atoms with E-state index >= 15 is 0 Å². The van der Waals surface area contributed by atoms with Gasteiger partial charge in [-0.25, -0.2) is 0 Å². The Morgan fingerprint density at radius 1 is 1.09 bits per heavy atom. The number of rotatable bonds is 6. The van der Waals surface area contributed by atoms with Gasteiger partial charge in [0.25, 0.3) is 0 Å². The van der Waals surface area contributed by atoms with E-state index in [0.717, 1.165) is 6.42 Å². The van der Waals surface area contributed by atoms with Gasteiger partial charge in [-0.1, -0.05) is 60.1 Å². The first-order chi connectivity index (χ1) is 9.93. The van der Waals surface area contributed by atoms with Gasteiger partial charge >= 0.3 is 5.97 Å². The maximum absolute atomic E-state index is 12.2. The molecule has 1 rings (SSSR count). The van der Waals surface area contributed by atoms with E-state index in [1.807, 2.05) is 19.9 Å². The van der Waals surface area contributed by atoms with Gasteiger partial charge in [0.2, 0.25) is 0 Å². The van der Waals surface area contributed by atoms with Gasteiger partial charge in [-0.05, 0) is 51.0 Å². The van der Waals surface area contributed by atoms with Crippen LogP contribution >= 0.6 is 15.9 Å². The van der Waals surface area contributed by atoms with Crippen molar-refractivity contribution in [2.75, 3.05) is 7.11 Å². The maximum Gasteiger partial charge on any atom is 0.311 e. The van der Waals surface area contributed by atoms with Crippen molar-refractivity contribution in [1.29, 1.82) is 0 Å². The predicted molar refractivity (Wildman–Crippen MR) is 96.4 cm³/mol. The van der Waals surface area contributed by atoms with Gasteiger partial charge in [0.05, 0.1) is 12.5 Å². The number of halogens is 1. The Bertz CT molecular complexity index is 498. The predicted octanol–water partition coefficient (Wildman–Crippen LogP) is 5.56. The molecule has 0 aliphatic carbocycles. The third-order valence-corrected chi connectivity index (χ3v) is 5.69. The fourth-order valence-electron chi connectivity index (χ4n) is 2.74. The van der Waals surface area contributed by atoms with Crippen LogP contribution in [0.2, 0.25) is 0 Å². The second-order valence-corrected chi connectivity index (χ2v) is 9.78. The highest BCUT2D eigenvalue weighted by atomic mass is 79.9. The summed E-state index contributed by atoms with van der Waals surface area (Å²) in [5.41, 5.74) is 0.539. The van der Waals surface area contributed by atoms with Crippen LogP contribution < -0.4 is 0 Å². The van der Waals surface area contributed by atoms with Crippen LogP contribution in [-0.4, -0.2) is 17.4 Å². The molecule has 124 valence electrons. The largest absolute Gasteiger partial charge is 0.469 e. The van der Waals surface area contributed by atoms with E-state index in [1.54, 1.807) is 0 Å². The first-order valence-electron chi connectivity index (χ1n) is 7.76. The summed E-state index contributed by atoms with van der Waals surface area (Å²) in [4.78, 5) is 12.2. The Morgan fingerprint density at radius 3 is 2.00 bits per heavy atom. The van der Waals surface area contributed by atoms with Crippen LogP contribution in [0.5, 0.6) is 0 Å². The number of benzene rings is 1. The Hall–Kier alpha value is -0.830. The van der Waals surface area contributed by atoms with Crippen LogP contribution in [0.3, 0.4) is 0 Å². The number of esters is 1. The zero-order valence-corrected chi connectivity index (χ0v) is 16.5. The highest BCUT2D eigenvalue weighted by Crippen LogP contribution is 2.50. The summed E-state index contributed by atoms with van der Waals surface area (Å²) in [7, 11) is 1.46. The summed E-state index contributed by atoms with van der Waals surface area (Å²) in [5, 5.41) is 0. The van der Waals surface area contributed by atoms with Crippen molar-refractivity contribution in [3.63, 3.8) is 0 Å². The third kappa shape index (κ3) is 4.13. The SMILES string of the molecule is COC(=O)C(C)(C)C(C)(C)CC(c1ccccc1)C(C)(C)Br. The van der Waals surface area contributed by atoms with E-state index in [-0.39, 0.29) is 15.7 Å². The van der Waals surface area contributed by atoms with Crippen LogP contribution in [0.1, 0.15) is 59.4 Å². The van der Waals surface area contributed by atoms with Crippen LogP contribution in [0.15, 0.2) is 30.3 Å². The first kappa shape index (κ1) is 19.2. The van der Waals surface area contributed by atoms with Crippen LogP contribution in [-0.2, 0) is 9.53 Å². The van der Waals surface area contributed by atoms with E-state index in [1.165, 1.54) is 12.7 Å². The summed E-state index contributed by atoms with van der Waals surface area (Å²) in [6, 6.07) is 10.5. The number of ether oxygens (including phenoxy) is 1. The average molecular weight is 369 g/mol. The van der Waals surface area contributed by atoms with Crippen molar-refractivity contribution < 1.29 is 9.53 Å². The van der Waals surface area contributed by atoms with Gasteiger partial charge < -0.3 is 4.74 Å². The molecule has 0 N–H and O–H groups in total. The minimum atomic E-state index is -0.549. The summed E-state index contributed by atoms with van der Waals surface area (Å²) in [6.07, 6.45) is 0.886. The number of carbonyl (C=O) groups excluding carboxylic acids is 1. The molecule has 0 aliphatic heterocycles. The average Bonchev–Trinajstić information content (AvgIpc) is 2.43. The normalized spacial score (nSPS) is 14.5. The van der Waals surface area contributed by atoms with E-state index < -0.39 is 5.41 Å². The number of carbonyl (C=O) groups is 1. The molecule has 0 aliphatic rings. The van der Waals surface area contributed by atoms with E-state index in [9.17, 15) is 4.79 Å². The molecule has 0 radical (unpaired) electrons. The molecule has 3 heteroatoms. The lowest BCUT2D eigenvalue weighted by Gasteiger charge is -2.44. The van der Waals surface area contributed by atoms with E-state index in [0.29, 0.717) is 5.92 Å². The van der Waals surface area contributed by atoms with Crippen molar-refractivity contribution >= 4 is 21.9 Å². The Morgan fingerprint density at radius 2 is 1.59 bits per heavy atom. The fraction of sp³-hybridized carbons (Fsp3) is 0.632. The molecular weight excluding hydrogens is 340 g/mol. The molecule has 2 nitrogen and oxygen atoms in total. The van der Waals surface area contributed by atoms with Crippen LogP contribution in [0, 0.1) is 10.8 Å². The van der Waals surface area contributed by atoms with Gasteiger partial charge in [0.15, 0.2) is 0 Å². The van der Waals surface area contributed by atoms with E-state index in [4.69, 9.17) is 4.74 Å². The van der Waals surface area contributed by atoms with E-state index in [2.05, 4.69) is 67.9 Å². The lowest BCUT2D eigenvalue weighted by Crippen LogP contribution is -2.43. The minimum absolute atomic E-state index is 0.0577. The van der Waals surface area contributed by atoms with Crippen LogP contribution in [0.4, 0.5) is 0 Å². The Labute approximate surface area is 143 Å². The summed E-state index contributed by atoms with van der Waals surface area (Å²) in [6.45, 7) is 12.6. The van der Waals surface area contributed by atoms with Crippen molar-refractivity contribution in [1.82, 2.24) is 0 Å². The summed E-state index contributed by atoms with van der Waals surface area (Å²) >= 11 is 3.84. The molecule has 0 saturated carbocycles. The first-order valence-corrected chi connectivity index (χ1v) is 8.55. The molecule has 0 bridgehead atoms. The van der Waals surface area contributed by atoms with Crippen molar-refractivity contribution in [2.45, 2.75) is 58.2 Å². The van der Waals surface area contributed by atoms with Gasteiger partial charge in [-0.15, -0.1) is 0 Å². The molecule has 0 spiro atoms. The van der Waals surface area contributed by atoms with Gasteiger partial charge in [-0.3, -0.25) is 4.79 Å². The molecular formula is C19H29BrO2.